The zero-order chi connectivity index (χ0) is 12.4. The third kappa shape index (κ3) is 1.82. The average Bonchev–Trinajstić information content (AvgIpc) is 2.43. The van der Waals surface area contributed by atoms with Crippen LogP contribution in [0.3, 0.4) is 0 Å². The molecule has 1 N–H and O–H groups in total. The summed E-state index contributed by atoms with van der Waals surface area (Å²) in [6.45, 7) is 0. The molecular formula is C13H10N4O. The number of hydrogen-bond donors (Lipinski definition) is 1. The Morgan fingerprint density at radius 2 is 2.06 bits per heavy atom. The van der Waals surface area contributed by atoms with Crippen LogP contribution in [0.15, 0.2) is 59.9 Å². The van der Waals surface area contributed by atoms with Gasteiger partial charge >= 0.3 is 0 Å². The molecule has 3 aromatic heterocycles. The van der Waals surface area contributed by atoms with Gasteiger partial charge in [0.05, 0.1) is 5.39 Å². The van der Waals surface area contributed by atoms with Gasteiger partial charge in [-0.1, -0.05) is 6.07 Å². The van der Waals surface area contributed by atoms with E-state index in [-0.39, 0.29) is 5.56 Å². The summed E-state index contributed by atoms with van der Waals surface area (Å²) in [4.78, 5) is 20.2. The first-order valence-electron chi connectivity index (χ1n) is 5.48. The standard InChI is InChI=1S/C13H10N4O/c18-13-11-9-14-7-4-10(11)5-8-17(13)16-12-3-1-2-6-15-12/h1-9H,(H,15,16). The largest absolute Gasteiger partial charge is 0.278 e. The van der Waals surface area contributed by atoms with Gasteiger partial charge in [0.1, 0.15) is 5.82 Å². The van der Waals surface area contributed by atoms with Crippen molar-refractivity contribution in [2.75, 3.05) is 5.43 Å². The van der Waals surface area contributed by atoms with Gasteiger partial charge in [0.2, 0.25) is 0 Å². The normalized spacial score (nSPS) is 10.4. The van der Waals surface area contributed by atoms with Gasteiger partial charge in [0, 0.05) is 24.8 Å². The van der Waals surface area contributed by atoms with E-state index in [1.54, 1.807) is 30.9 Å². The Kier molecular flexibility index (Phi) is 2.49. The van der Waals surface area contributed by atoms with E-state index in [2.05, 4.69) is 15.4 Å². The van der Waals surface area contributed by atoms with Crippen molar-refractivity contribution in [3.8, 4) is 0 Å². The highest BCUT2D eigenvalue weighted by Crippen LogP contribution is 2.07. The Labute approximate surface area is 103 Å². The number of aromatic nitrogens is 3. The summed E-state index contributed by atoms with van der Waals surface area (Å²) in [5.74, 6) is 0.614. The first-order chi connectivity index (χ1) is 8.84. The van der Waals surface area contributed by atoms with E-state index in [9.17, 15) is 4.79 Å². The number of pyridine rings is 3. The van der Waals surface area contributed by atoms with Gasteiger partial charge in [-0.3, -0.25) is 15.2 Å². The number of rotatable bonds is 2. The maximum Gasteiger partial charge on any atom is 0.278 e. The van der Waals surface area contributed by atoms with Gasteiger partial charge in [-0.15, -0.1) is 0 Å². The van der Waals surface area contributed by atoms with E-state index in [0.29, 0.717) is 11.2 Å². The monoisotopic (exact) mass is 238 g/mol. The Morgan fingerprint density at radius 1 is 1.11 bits per heavy atom. The summed E-state index contributed by atoms with van der Waals surface area (Å²) in [6.07, 6.45) is 6.57. The molecule has 88 valence electrons. The number of anilines is 1. The molecule has 0 bridgehead atoms. The van der Waals surface area contributed by atoms with Gasteiger partial charge < -0.3 is 0 Å². The van der Waals surface area contributed by atoms with Crippen molar-refractivity contribution >= 4 is 16.6 Å². The van der Waals surface area contributed by atoms with Gasteiger partial charge in [0.15, 0.2) is 0 Å². The second kappa shape index (κ2) is 4.29. The molecule has 3 aromatic rings. The zero-order valence-electron chi connectivity index (χ0n) is 9.45. The molecule has 0 aliphatic rings. The lowest BCUT2D eigenvalue weighted by Gasteiger charge is -2.08. The van der Waals surface area contributed by atoms with Crippen molar-refractivity contribution in [3.63, 3.8) is 0 Å². The van der Waals surface area contributed by atoms with Crippen LogP contribution in [0.25, 0.3) is 10.8 Å². The maximum atomic E-state index is 12.2. The summed E-state index contributed by atoms with van der Waals surface area (Å²) in [7, 11) is 0. The van der Waals surface area contributed by atoms with Crippen molar-refractivity contribution in [1.29, 1.82) is 0 Å². The summed E-state index contributed by atoms with van der Waals surface area (Å²) in [5, 5.41) is 1.44. The quantitative estimate of drug-likeness (QED) is 0.737. The fourth-order valence-corrected chi connectivity index (χ4v) is 1.72. The molecule has 0 unspecified atom stereocenters. The molecule has 18 heavy (non-hydrogen) atoms. The molecule has 0 saturated heterocycles. The lowest BCUT2D eigenvalue weighted by molar-refractivity contribution is 0.899. The topological polar surface area (TPSA) is 59.8 Å². The SMILES string of the molecule is O=c1c2cnccc2ccn1Nc1ccccn1. The third-order valence-corrected chi connectivity index (χ3v) is 2.61. The Balaban J connectivity index is 2.08. The van der Waals surface area contributed by atoms with Crippen molar-refractivity contribution in [2.45, 2.75) is 0 Å². The molecule has 0 fully saturated rings. The molecule has 3 heterocycles. The van der Waals surface area contributed by atoms with Gasteiger partial charge in [-0.2, -0.15) is 0 Å². The van der Waals surface area contributed by atoms with Crippen LogP contribution in [0.4, 0.5) is 5.82 Å². The van der Waals surface area contributed by atoms with Crippen LogP contribution in [0.1, 0.15) is 0 Å². The predicted octanol–water partition coefficient (Wildman–Crippen LogP) is 1.67. The molecule has 3 rings (SSSR count). The van der Waals surface area contributed by atoms with Crippen LogP contribution < -0.4 is 11.0 Å². The molecule has 5 nitrogen and oxygen atoms in total. The average molecular weight is 238 g/mol. The van der Waals surface area contributed by atoms with Crippen LogP contribution in [-0.2, 0) is 0 Å². The smallest absolute Gasteiger partial charge is 0.275 e. The van der Waals surface area contributed by atoms with Gasteiger partial charge in [-0.05, 0) is 29.7 Å². The highest BCUT2D eigenvalue weighted by atomic mass is 16.1. The highest BCUT2D eigenvalue weighted by molar-refractivity contribution is 5.80. The molecule has 0 aromatic carbocycles. The van der Waals surface area contributed by atoms with Crippen molar-refractivity contribution in [3.05, 3.63) is 65.5 Å². The van der Waals surface area contributed by atoms with Crippen LogP contribution >= 0.6 is 0 Å². The van der Waals surface area contributed by atoms with Crippen molar-refractivity contribution < 1.29 is 0 Å². The Morgan fingerprint density at radius 3 is 2.89 bits per heavy atom. The predicted molar refractivity (Wildman–Crippen MR) is 69.3 cm³/mol. The lowest BCUT2D eigenvalue weighted by Crippen LogP contribution is -2.26. The van der Waals surface area contributed by atoms with Gasteiger partial charge in [-0.25, -0.2) is 9.66 Å². The van der Waals surface area contributed by atoms with Gasteiger partial charge in [0.25, 0.3) is 5.56 Å². The minimum Gasteiger partial charge on any atom is -0.275 e. The molecule has 0 saturated carbocycles. The van der Waals surface area contributed by atoms with E-state index in [4.69, 9.17) is 0 Å². The van der Waals surface area contributed by atoms with Crippen molar-refractivity contribution in [2.24, 2.45) is 0 Å². The lowest BCUT2D eigenvalue weighted by atomic mass is 10.2. The van der Waals surface area contributed by atoms with Crippen LogP contribution in [0.2, 0.25) is 0 Å². The van der Waals surface area contributed by atoms with E-state index in [1.165, 1.54) is 4.68 Å². The van der Waals surface area contributed by atoms with Crippen LogP contribution in [0, 0.1) is 0 Å². The second-order valence-electron chi connectivity index (χ2n) is 3.78. The number of nitrogens with one attached hydrogen (secondary N) is 1. The molecule has 0 radical (unpaired) electrons. The third-order valence-electron chi connectivity index (χ3n) is 2.61. The fourth-order valence-electron chi connectivity index (χ4n) is 1.72. The number of fused-ring (bicyclic) bond motifs is 1. The Bertz CT molecular complexity index is 737. The van der Waals surface area contributed by atoms with E-state index in [1.807, 2.05) is 24.3 Å². The fraction of sp³-hybridized carbons (Fsp3) is 0. The molecule has 0 spiro atoms. The minimum atomic E-state index is -0.147. The summed E-state index contributed by atoms with van der Waals surface area (Å²) in [6, 6.07) is 9.12. The van der Waals surface area contributed by atoms with E-state index < -0.39 is 0 Å². The summed E-state index contributed by atoms with van der Waals surface area (Å²) >= 11 is 0. The molecule has 0 aliphatic heterocycles. The molecule has 0 atom stereocenters. The second-order valence-corrected chi connectivity index (χ2v) is 3.78. The summed E-state index contributed by atoms with van der Waals surface area (Å²) < 4.78 is 1.40. The zero-order valence-corrected chi connectivity index (χ0v) is 9.45. The minimum absolute atomic E-state index is 0.147. The van der Waals surface area contributed by atoms with Crippen molar-refractivity contribution in [1.82, 2.24) is 14.6 Å². The first-order valence-corrected chi connectivity index (χ1v) is 5.48. The molecule has 5 heteroatoms. The molecule has 0 amide bonds. The molecule has 0 aliphatic carbocycles. The van der Waals surface area contributed by atoms with E-state index in [0.717, 1.165) is 5.39 Å². The first kappa shape index (κ1) is 10.5. The summed E-state index contributed by atoms with van der Waals surface area (Å²) in [5.41, 5.74) is 2.78. The maximum absolute atomic E-state index is 12.2. The molecular weight excluding hydrogens is 228 g/mol. The Hall–Kier alpha value is -2.69. The number of hydrogen-bond acceptors (Lipinski definition) is 4. The highest BCUT2D eigenvalue weighted by Gasteiger charge is 2.02. The number of nitrogens with zero attached hydrogens (tertiary/aromatic N) is 3. The van der Waals surface area contributed by atoms with Crippen LogP contribution in [0.5, 0.6) is 0 Å². The van der Waals surface area contributed by atoms with Crippen LogP contribution in [-0.4, -0.2) is 14.6 Å². The van der Waals surface area contributed by atoms with E-state index >= 15 is 0 Å².